The molecule has 0 saturated carbocycles. The quantitative estimate of drug-likeness (QED) is 0.260. The van der Waals surface area contributed by atoms with E-state index >= 15 is 0 Å². The number of hydrogen-bond acceptors (Lipinski definition) is 8. The predicted molar refractivity (Wildman–Crippen MR) is 151 cm³/mol. The van der Waals surface area contributed by atoms with Crippen LogP contribution in [0.25, 0.3) is 0 Å². The molecule has 0 aliphatic rings. The molecule has 0 fully saturated rings. The standard InChI is InChI=1S/C26H34N7O2P/c1-7-25(34)30-21-18-19(12-13-22(21)33(4)17-16-32(2)3)28-26-27-15-14-24(31-26)29-20-10-8-9-11-23(20)36(5,6)35/h7-15,18H,1,16-17H2,2-6H3,(H,30,34)(H2,27,28,29,31). The molecule has 10 heteroatoms. The highest BCUT2D eigenvalue weighted by molar-refractivity contribution is 7.70. The molecule has 0 aliphatic carbocycles. The first-order chi connectivity index (χ1) is 17.1. The van der Waals surface area contributed by atoms with E-state index in [9.17, 15) is 9.36 Å². The van der Waals surface area contributed by atoms with E-state index in [4.69, 9.17) is 0 Å². The SMILES string of the molecule is C=CC(=O)Nc1cc(Nc2nccc(Nc3ccccc3P(C)(C)=O)n2)ccc1N(C)CCN(C)C. The van der Waals surface area contributed by atoms with Crippen LogP contribution in [0.4, 0.5) is 34.5 Å². The Labute approximate surface area is 213 Å². The summed E-state index contributed by atoms with van der Waals surface area (Å²) in [6.07, 6.45) is 2.88. The fourth-order valence-electron chi connectivity index (χ4n) is 3.51. The topological polar surface area (TPSA) is 102 Å². The number of nitrogens with zero attached hydrogens (tertiary/aromatic N) is 4. The maximum absolute atomic E-state index is 12.7. The smallest absolute Gasteiger partial charge is 0.247 e. The minimum absolute atomic E-state index is 0.292. The van der Waals surface area contributed by atoms with Crippen LogP contribution < -0.4 is 26.2 Å². The number of anilines is 6. The van der Waals surface area contributed by atoms with E-state index in [1.54, 1.807) is 25.6 Å². The maximum atomic E-state index is 12.7. The zero-order chi connectivity index (χ0) is 26.3. The summed E-state index contributed by atoms with van der Waals surface area (Å²) in [6, 6.07) is 14.9. The third-order valence-electron chi connectivity index (χ3n) is 5.39. The van der Waals surface area contributed by atoms with Crippen LogP contribution in [0.15, 0.2) is 67.4 Å². The number of hydrogen-bond donors (Lipinski definition) is 3. The molecule has 190 valence electrons. The highest BCUT2D eigenvalue weighted by atomic mass is 31.2. The van der Waals surface area contributed by atoms with Crippen LogP contribution in [-0.4, -0.2) is 68.3 Å². The largest absolute Gasteiger partial charge is 0.372 e. The van der Waals surface area contributed by atoms with Gasteiger partial charge in [-0.1, -0.05) is 18.7 Å². The molecule has 0 radical (unpaired) electrons. The highest BCUT2D eigenvalue weighted by Gasteiger charge is 2.16. The molecule has 0 aliphatic heterocycles. The van der Waals surface area contributed by atoms with Crippen molar-refractivity contribution in [3.63, 3.8) is 0 Å². The summed E-state index contributed by atoms with van der Waals surface area (Å²) in [5.41, 5.74) is 2.99. The fraction of sp³-hybridized carbons (Fsp3) is 0.269. The second-order valence-corrected chi connectivity index (χ2v) is 12.2. The molecule has 1 amide bonds. The molecule has 0 atom stereocenters. The first-order valence-electron chi connectivity index (χ1n) is 11.5. The molecule has 1 aromatic heterocycles. The van der Waals surface area contributed by atoms with Crippen molar-refractivity contribution in [2.75, 3.05) is 68.4 Å². The third-order valence-corrected chi connectivity index (χ3v) is 6.94. The number of likely N-dealkylation sites (N-methyl/N-ethyl adjacent to an activating group) is 2. The van der Waals surface area contributed by atoms with Crippen LogP contribution in [0.3, 0.4) is 0 Å². The lowest BCUT2D eigenvalue weighted by molar-refractivity contribution is -0.111. The molecule has 0 bridgehead atoms. The van der Waals surface area contributed by atoms with Gasteiger partial charge in [-0.3, -0.25) is 4.79 Å². The van der Waals surface area contributed by atoms with Gasteiger partial charge in [-0.15, -0.1) is 0 Å². The van der Waals surface area contributed by atoms with E-state index in [0.717, 1.165) is 29.8 Å². The van der Waals surface area contributed by atoms with Gasteiger partial charge in [-0.2, -0.15) is 4.98 Å². The highest BCUT2D eigenvalue weighted by Crippen LogP contribution is 2.38. The number of carbonyl (C=O) groups is 1. The van der Waals surface area contributed by atoms with Crippen molar-refractivity contribution in [1.82, 2.24) is 14.9 Å². The second-order valence-electron chi connectivity index (χ2n) is 9.03. The lowest BCUT2D eigenvalue weighted by Crippen LogP contribution is -2.29. The van der Waals surface area contributed by atoms with Crippen molar-refractivity contribution >= 4 is 52.9 Å². The van der Waals surface area contributed by atoms with Crippen molar-refractivity contribution in [3.8, 4) is 0 Å². The molecule has 36 heavy (non-hydrogen) atoms. The Morgan fingerprint density at radius 3 is 2.47 bits per heavy atom. The van der Waals surface area contributed by atoms with E-state index in [-0.39, 0.29) is 5.91 Å². The van der Waals surface area contributed by atoms with Gasteiger partial charge in [0.05, 0.1) is 17.1 Å². The average molecular weight is 508 g/mol. The Morgan fingerprint density at radius 1 is 1.03 bits per heavy atom. The first kappa shape index (κ1) is 26.9. The van der Waals surface area contributed by atoms with E-state index in [0.29, 0.717) is 23.1 Å². The number of rotatable bonds is 11. The summed E-state index contributed by atoms with van der Waals surface area (Å²) in [7, 11) is 3.55. The monoisotopic (exact) mass is 507 g/mol. The van der Waals surface area contributed by atoms with E-state index in [1.165, 1.54) is 6.08 Å². The molecular weight excluding hydrogens is 473 g/mol. The summed E-state index contributed by atoms with van der Waals surface area (Å²) in [5, 5.41) is 10.1. The molecular formula is C26H34N7O2P. The van der Waals surface area contributed by atoms with Crippen LogP contribution in [0.1, 0.15) is 0 Å². The summed E-state index contributed by atoms with van der Waals surface area (Å²) in [5.74, 6) is 0.650. The van der Waals surface area contributed by atoms with Gasteiger partial charge < -0.3 is 30.3 Å². The van der Waals surface area contributed by atoms with Gasteiger partial charge in [-0.05, 0) is 69.9 Å². The number of benzene rings is 2. The van der Waals surface area contributed by atoms with Crippen molar-refractivity contribution < 1.29 is 9.36 Å². The minimum atomic E-state index is -2.47. The Bertz CT molecular complexity index is 1270. The Morgan fingerprint density at radius 2 is 1.78 bits per heavy atom. The van der Waals surface area contributed by atoms with Crippen LogP contribution in [0.2, 0.25) is 0 Å². The molecule has 1 heterocycles. The van der Waals surface area contributed by atoms with Gasteiger partial charge >= 0.3 is 0 Å². The Balaban J connectivity index is 1.84. The van der Waals surface area contributed by atoms with E-state index in [1.807, 2.05) is 63.6 Å². The molecule has 0 saturated heterocycles. The maximum Gasteiger partial charge on any atom is 0.247 e. The summed E-state index contributed by atoms with van der Waals surface area (Å²) < 4.78 is 12.7. The predicted octanol–water partition coefficient (Wildman–Crippen LogP) is 4.33. The minimum Gasteiger partial charge on any atom is -0.372 e. The Kier molecular flexibility index (Phi) is 8.85. The van der Waals surface area contributed by atoms with E-state index in [2.05, 4.69) is 42.3 Å². The molecule has 2 aromatic carbocycles. The van der Waals surface area contributed by atoms with Crippen molar-refractivity contribution in [1.29, 1.82) is 0 Å². The zero-order valence-corrected chi connectivity index (χ0v) is 22.3. The fourth-order valence-corrected chi connectivity index (χ4v) is 4.66. The first-order valence-corrected chi connectivity index (χ1v) is 14.1. The number of carbonyl (C=O) groups excluding carboxylic acids is 1. The van der Waals surface area contributed by atoms with Crippen molar-refractivity contribution in [3.05, 3.63) is 67.4 Å². The van der Waals surface area contributed by atoms with E-state index < -0.39 is 7.14 Å². The van der Waals surface area contributed by atoms with Gasteiger partial charge in [0.15, 0.2) is 0 Å². The molecule has 3 aromatic rings. The van der Waals surface area contributed by atoms with Crippen LogP contribution in [-0.2, 0) is 9.36 Å². The molecule has 3 rings (SSSR count). The summed E-state index contributed by atoms with van der Waals surface area (Å²) in [6.45, 7) is 8.69. The van der Waals surface area contributed by atoms with Gasteiger partial charge in [0.1, 0.15) is 13.0 Å². The summed E-state index contributed by atoms with van der Waals surface area (Å²) in [4.78, 5) is 25.1. The number of amides is 1. The average Bonchev–Trinajstić information content (AvgIpc) is 2.82. The number of nitrogens with one attached hydrogen (secondary N) is 3. The molecule has 0 spiro atoms. The molecule has 0 unspecified atom stereocenters. The van der Waals surface area contributed by atoms with Gasteiger partial charge in [-0.25, -0.2) is 4.98 Å². The lowest BCUT2D eigenvalue weighted by Gasteiger charge is -2.24. The lowest BCUT2D eigenvalue weighted by atomic mass is 10.2. The van der Waals surface area contributed by atoms with Crippen LogP contribution in [0.5, 0.6) is 0 Å². The third kappa shape index (κ3) is 7.41. The van der Waals surface area contributed by atoms with Gasteiger partial charge in [0, 0.05) is 37.3 Å². The number of aromatic nitrogens is 2. The second kappa shape index (κ2) is 11.8. The summed E-state index contributed by atoms with van der Waals surface area (Å²) >= 11 is 0. The normalized spacial score (nSPS) is 11.2. The molecule has 3 N–H and O–H groups in total. The zero-order valence-electron chi connectivity index (χ0n) is 21.4. The molecule has 9 nitrogen and oxygen atoms in total. The van der Waals surface area contributed by atoms with Crippen LogP contribution in [0, 0.1) is 0 Å². The van der Waals surface area contributed by atoms with Crippen molar-refractivity contribution in [2.45, 2.75) is 0 Å². The van der Waals surface area contributed by atoms with Crippen LogP contribution >= 0.6 is 7.14 Å². The van der Waals surface area contributed by atoms with Gasteiger partial charge in [0.25, 0.3) is 0 Å². The van der Waals surface area contributed by atoms with Crippen molar-refractivity contribution in [2.24, 2.45) is 0 Å². The van der Waals surface area contributed by atoms with Gasteiger partial charge in [0.2, 0.25) is 11.9 Å². The number of para-hydroxylation sites is 1. The Hall–Kier alpha value is -3.68.